The molecule has 0 bridgehead atoms. The van der Waals surface area contributed by atoms with Crippen LogP contribution in [0.1, 0.15) is 17.0 Å². The molecular weight excluding hydrogens is 269 g/mol. The first kappa shape index (κ1) is 13.4. The van der Waals surface area contributed by atoms with Crippen LogP contribution in [0.15, 0.2) is 37.9 Å². The van der Waals surface area contributed by atoms with Crippen molar-refractivity contribution in [1.29, 1.82) is 0 Å². The number of aromatic nitrogens is 1. The number of hydrogen-bond donors (Lipinski definition) is 2. The first-order chi connectivity index (χ1) is 9.01. The van der Waals surface area contributed by atoms with Crippen LogP contribution >= 0.6 is 11.8 Å². The van der Waals surface area contributed by atoms with Crippen molar-refractivity contribution >= 4 is 17.6 Å². The predicted molar refractivity (Wildman–Crippen MR) is 69.0 cm³/mol. The fourth-order valence-corrected chi connectivity index (χ4v) is 2.21. The minimum absolute atomic E-state index is 0.140. The molecule has 0 spiro atoms. The van der Waals surface area contributed by atoms with Crippen molar-refractivity contribution in [3.8, 4) is 0 Å². The van der Waals surface area contributed by atoms with E-state index in [1.54, 1.807) is 13.0 Å². The number of aryl methyl sites for hydroxylation is 2. The maximum Gasteiger partial charge on any atom is 0.261 e. The summed E-state index contributed by atoms with van der Waals surface area (Å²) in [7, 11) is 0. The summed E-state index contributed by atoms with van der Waals surface area (Å²) in [5, 5.41) is 11.7. The number of rotatable bonds is 3. The molecule has 2 rings (SSSR count). The van der Waals surface area contributed by atoms with E-state index in [1.165, 1.54) is 12.1 Å². The van der Waals surface area contributed by atoms with Crippen molar-refractivity contribution in [2.24, 2.45) is 10.9 Å². The smallest absolute Gasteiger partial charge is 0.261 e. The van der Waals surface area contributed by atoms with E-state index in [-0.39, 0.29) is 5.84 Å². The summed E-state index contributed by atoms with van der Waals surface area (Å²) in [6, 6.07) is 4.28. The number of oxime groups is 1. The Morgan fingerprint density at radius 1 is 1.47 bits per heavy atom. The van der Waals surface area contributed by atoms with Crippen LogP contribution in [-0.2, 0) is 0 Å². The van der Waals surface area contributed by atoms with Crippen molar-refractivity contribution in [3.63, 3.8) is 0 Å². The monoisotopic (exact) mass is 281 g/mol. The molecule has 0 fully saturated rings. The van der Waals surface area contributed by atoms with Crippen molar-refractivity contribution < 1.29 is 14.0 Å². The average Bonchev–Trinajstić information content (AvgIpc) is 2.70. The number of oxazole rings is 1. The lowest BCUT2D eigenvalue weighted by atomic mass is 10.2. The normalized spacial score (nSPS) is 11.8. The van der Waals surface area contributed by atoms with Gasteiger partial charge in [0.05, 0.1) is 10.6 Å². The summed E-state index contributed by atoms with van der Waals surface area (Å²) in [6.45, 7) is 3.62. The highest BCUT2D eigenvalue weighted by Crippen LogP contribution is 2.30. The zero-order valence-electron chi connectivity index (χ0n) is 10.3. The van der Waals surface area contributed by atoms with E-state index in [0.29, 0.717) is 21.4 Å². The van der Waals surface area contributed by atoms with Gasteiger partial charge in [0.15, 0.2) is 5.84 Å². The molecule has 2 aromatic rings. The first-order valence-electron chi connectivity index (χ1n) is 5.40. The Labute approximate surface area is 113 Å². The number of nitrogens with two attached hydrogens (primary N) is 1. The number of amidine groups is 1. The van der Waals surface area contributed by atoms with Gasteiger partial charge in [-0.25, -0.2) is 9.37 Å². The van der Waals surface area contributed by atoms with Gasteiger partial charge in [-0.05, 0) is 43.8 Å². The van der Waals surface area contributed by atoms with Crippen molar-refractivity contribution in [2.45, 2.75) is 24.0 Å². The van der Waals surface area contributed by atoms with E-state index in [9.17, 15) is 4.39 Å². The number of hydrogen-bond acceptors (Lipinski definition) is 5. The number of halogens is 1. The van der Waals surface area contributed by atoms with E-state index >= 15 is 0 Å². The number of nitrogens with zero attached hydrogens (tertiary/aromatic N) is 2. The summed E-state index contributed by atoms with van der Waals surface area (Å²) < 4.78 is 19.2. The van der Waals surface area contributed by atoms with Crippen LogP contribution in [0.25, 0.3) is 0 Å². The van der Waals surface area contributed by atoms with Gasteiger partial charge in [-0.2, -0.15) is 0 Å². The summed E-state index contributed by atoms with van der Waals surface area (Å²) >= 11 is 1.08. The molecule has 0 radical (unpaired) electrons. The Kier molecular flexibility index (Phi) is 3.75. The molecule has 1 aromatic carbocycles. The Morgan fingerprint density at radius 2 is 2.21 bits per heavy atom. The van der Waals surface area contributed by atoms with Gasteiger partial charge in [-0.1, -0.05) is 5.16 Å². The first-order valence-corrected chi connectivity index (χ1v) is 6.22. The van der Waals surface area contributed by atoms with Crippen LogP contribution in [0.5, 0.6) is 0 Å². The molecule has 19 heavy (non-hydrogen) atoms. The van der Waals surface area contributed by atoms with Crippen LogP contribution in [-0.4, -0.2) is 16.0 Å². The largest absolute Gasteiger partial charge is 0.436 e. The summed E-state index contributed by atoms with van der Waals surface area (Å²) in [5.41, 5.74) is 6.47. The molecule has 0 unspecified atom stereocenters. The van der Waals surface area contributed by atoms with E-state index in [1.807, 2.05) is 6.92 Å². The fraction of sp³-hybridized carbons (Fsp3) is 0.167. The van der Waals surface area contributed by atoms with E-state index in [2.05, 4.69) is 10.1 Å². The second-order valence-corrected chi connectivity index (χ2v) is 4.85. The lowest BCUT2D eigenvalue weighted by molar-refractivity contribution is 0.318. The molecule has 0 aliphatic rings. The topological polar surface area (TPSA) is 84.6 Å². The summed E-state index contributed by atoms with van der Waals surface area (Å²) in [4.78, 5) is 4.52. The molecular formula is C12H12FN3O2S. The van der Waals surface area contributed by atoms with E-state index < -0.39 is 5.82 Å². The van der Waals surface area contributed by atoms with Crippen LogP contribution in [0.4, 0.5) is 4.39 Å². The second-order valence-electron chi connectivity index (χ2n) is 3.85. The van der Waals surface area contributed by atoms with Gasteiger partial charge in [0.2, 0.25) is 0 Å². The Balaban J connectivity index is 2.26. The molecule has 0 saturated heterocycles. The highest BCUT2D eigenvalue weighted by atomic mass is 32.2. The highest BCUT2D eigenvalue weighted by molar-refractivity contribution is 7.99. The Morgan fingerprint density at radius 3 is 2.74 bits per heavy atom. The zero-order chi connectivity index (χ0) is 14.0. The third kappa shape index (κ3) is 2.87. The second kappa shape index (κ2) is 5.31. The molecule has 0 aliphatic carbocycles. The van der Waals surface area contributed by atoms with Gasteiger partial charge in [0.25, 0.3) is 5.22 Å². The molecule has 5 nitrogen and oxygen atoms in total. The minimum Gasteiger partial charge on any atom is -0.436 e. The van der Waals surface area contributed by atoms with Gasteiger partial charge < -0.3 is 15.4 Å². The molecule has 0 atom stereocenters. The van der Waals surface area contributed by atoms with Gasteiger partial charge in [0.1, 0.15) is 11.6 Å². The molecule has 0 aliphatic heterocycles. The van der Waals surface area contributed by atoms with Gasteiger partial charge in [-0.15, -0.1) is 0 Å². The van der Waals surface area contributed by atoms with Gasteiger partial charge in [0, 0.05) is 5.56 Å². The maximum absolute atomic E-state index is 13.9. The lowest BCUT2D eigenvalue weighted by Gasteiger charge is -2.02. The maximum atomic E-state index is 13.9. The van der Waals surface area contributed by atoms with E-state index in [0.717, 1.165) is 17.5 Å². The lowest BCUT2D eigenvalue weighted by Crippen LogP contribution is -2.13. The quantitative estimate of drug-likeness (QED) is 0.391. The molecule has 1 heterocycles. The SMILES string of the molecule is Cc1nc(Sc2ccc(/C(N)=N/O)cc2F)oc1C. The molecule has 0 amide bonds. The molecule has 3 N–H and O–H groups in total. The standard InChI is InChI=1S/C12H12FN3O2S/c1-6-7(2)18-12(15-6)19-10-4-3-8(5-9(10)13)11(14)16-17/h3-5,17H,1-2H3,(H2,14,16). The van der Waals surface area contributed by atoms with Crippen molar-refractivity contribution in [2.75, 3.05) is 0 Å². The van der Waals surface area contributed by atoms with E-state index in [4.69, 9.17) is 15.4 Å². The summed E-state index contributed by atoms with van der Waals surface area (Å²) in [5.74, 6) is 0.0806. The molecule has 0 saturated carbocycles. The molecule has 7 heteroatoms. The molecule has 1 aromatic heterocycles. The Bertz CT molecular complexity index is 620. The number of benzene rings is 1. The predicted octanol–water partition coefficient (Wildman–Crippen LogP) is 2.68. The zero-order valence-corrected chi connectivity index (χ0v) is 11.2. The van der Waals surface area contributed by atoms with Crippen molar-refractivity contribution in [1.82, 2.24) is 4.98 Å². The van der Waals surface area contributed by atoms with Crippen LogP contribution in [0, 0.1) is 19.7 Å². The summed E-state index contributed by atoms with van der Waals surface area (Å²) in [6.07, 6.45) is 0. The van der Waals surface area contributed by atoms with Crippen LogP contribution in [0.2, 0.25) is 0 Å². The fourth-order valence-electron chi connectivity index (χ4n) is 1.38. The average molecular weight is 281 g/mol. The van der Waals surface area contributed by atoms with Crippen LogP contribution < -0.4 is 5.73 Å². The minimum atomic E-state index is -0.484. The third-order valence-corrected chi connectivity index (χ3v) is 3.44. The highest BCUT2D eigenvalue weighted by Gasteiger charge is 2.12. The molecule has 100 valence electrons. The van der Waals surface area contributed by atoms with Gasteiger partial charge >= 0.3 is 0 Å². The third-order valence-electron chi connectivity index (χ3n) is 2.54. The van der Waals surface area contributed by atoms with Crippen molar-refractivity contribution in [3.05, 3.63) is 41.0 Å². The Hall–Kier alpha value is -2.02. The van der Waals surface area contributed by atoms with Crippen LogP contribution in [0.3, 0.4) is 0 Å². The van der Waals surface area contributed by atoms with Gasteiger partial charge in [-0.3, -0.25) is 0 Å².